The fourth-order valence-corrected chi connectivity index (χ4v) is 4.91. The lowest BCUT2D eigenvalue weighted by Crippen LogP contribution is -2.38. The smallest absolute Gasteiger partial charge is 0.324 e. The van der Waals surface area contributed by atoms with Crippen molar-refractivity contribution in [2.45, 2.75) is 11.1 Å². The zero-order chi connectivity index (χ0) is 24.4. The van der Waals surface area contributed by atoms with Crippen molar-refractivity contribution in [1.29, 1.82) is 0 Å². The summed E-state index contributed by atoms with van der Waals surface area (Å²) in [6.45, 7) is -0.802. The molecule has 0 aromatic heterocycles. The Balaban J connectivity index is 2.03. The molecule has 3 aromatic rings. The van der Waals surface area contributed by atoms with E-state index >= 15 is 0 Å². The third-order valence-electron chi connectivity index (χ3n) is 4.37. The quantitative estimate of drug-likeness (QED) is 0.356. The largest absolute Gasteiger partial charge is 0.417 e. The fraction of sp³-hybridized carbons (Fsp3) is 0.0952. The molecule has 0 radical (unpaired) electrons. The van der Waals surface area contributed by atoms with Gasteiger partial charge in [-0.25, -0.2) is 8.42 Å². The number of carbonyl (C=O) groups excluding carboxylic acids is 1. The molecule has 33 heavy (non-hydrogen) atoms. The van der Waals surface area contributed by atoms with Crippen LogP contribution in [-0.2, 0) is 21.0 Å². The molecule has 3 rings (SSSR count). The maximum Gasteiger partial charge on any atom is 0.417 e. The molecule has 0 bridgehead atoms. The lowest BCUT2D eigenvalue weighted by atomic mass is 10.2. The standard InChI is InChI=1S/C21H14BrCl2F3N2O3S/c22-17-8-6-13(10-19(17)24)28-20(30)12-29(33(31,32)15-4-2-1-3-5-15)14-7-9-18(23)16(11-14)21(25,26)27/h1-11H,12H2,(H,28,30). The molecule has 5 nitrogen and oxygen atoms in total. The molecule has 0 saturated carbocycles. The minimum absolute atomic E-state index is 0.201. The van der Waals surface area contributed by atoms with Gasteiger partial charge < -0.3 is 5.32 Å². The molecule has 0 aliphatic carbocycles. The highest BCUT2D eigenvalue weighted by Gasteiger charge is 2.35. The number of nitrogens with zero attached hydrogens (tertiary/aromatic N) is 1. The van der Waals surface area contributed by atoms with Crippen molar-refractivity contribution in [3.8, 4) is 0 Å². The van der Waals surface area contributed by atoms with Gasteiger partial charge in [-0.2, -0.15) is 13.2 Å². The van der Waals surface area contributed by atoms with Gasteiger partial charge in [0.15, 0.2) is 0 Å². The Morgan fingerprint density at radius 2 is 1.64 bits per heavy atom. The van der Waals surface area contributed by atoms with E-state index in [1.54, 1.807) is 12.1 Å². The van der Waals surface area contributed by atoms with Crippen LogP contribution in [0.2, 0.25) is 10.0 Å². The van der Waals surface area contributed by atoms with Crippen molar-refractivity contribution in [2.24, 2.45) is 0 Å². The number of rotatable bonds is 6. The summed E-state index contributed by atoms with van der Waals surface area (Å²) < 4.78 is 67.9. The van der Waals surface area contributed by atoms with Crippen LogP contribution in [0.15, 0.2) is 76.1 Å². The summed E-state index contributed by atoms with van der Waals surface area (Å²) in [7, 11) is -4.40. The summed E-state index contributed by atoms with van der Waals surface area (Å²) in [6.07, 6.45) is -4.83. The van der Waals surface area contributed by atoms with Crippen molar-refractivity contribution in [1.82, 2.24) is 0 Å². The van der Waals surface area contributed by atoms with Crippen LogP contribution in [0.4, 0.5) is 24.5 Å². The number of benzene rings is 3. The maximum atomic E-state index is 13.4. The molecule has 0 aliphatic heterocycles. The topological polar surface area (TPSA) is 66.5 Å². The summed E-state index contributed by atoms with van der Waals surface area (Å²) in [5.41, 5.74) is -1.33. The van der Waals surface area contributed by atoms with E-state index in [1.165, 1.54) is 36.4 Å². The van der Waals surface area contributed by atoms with Gasteiger partial charge >= 0.3 is 6.18 Å². The van der Waals surface area contributed by atoms with Crippen molar-refractivity contribution in [3.63, 3.8) is 0 Å². The lowest BCUT2D eigenvalue weighted by Gasteiger charge is -2.25. The van der Waals surface area contributed by atoms with E-state index in [-0.39, 0.29) is 16.3 Å². The van der Waals surface area contributed by atoms with Crippen molar-refractivity contribution < 1.29 is 26.4 Å². The number of alkyl halides is 3. The second kappa shape index (κ2) is 9.92. The van der Waals surface area contributed by atoms with E-state index in [0.29, 0.717) is 19.9 Å². The first kappa shape index (κ1) is 25.4. The third kappa shape index (κ3) is 6.00. The number of sulfonamides is 1. The van der Waals surface area contributed by atoms with Crippen LogP contribution in [-0.4, -0.2) is 20.9 Å². The summed E-state index contributed by atoms with van der Waals surface area (Å²) >= 11 is 14.9. The van der Waals surface area contributed by atoms with Crippen LogP contribution in [0.3, 0.4) is 0 Å². The Kier molecular flexibility index (Phi) is 7.62. The average Bonchev–Trinajstić information content (AvgIpc) is 2.75. The predicted octanol–water partition coefficient (Wildman–Crippen LogP) is 6.61. The number of hydrogen-bond acceptors (Lipinski definition) is 3. The number of nitrogens with one attached hydrogen (secondary N) is 1. The third-order valence-corrected chi connectivity index (χ3v) is 7.72. The normalized spacial score (nSPS) is 11.8. The highest BCUT2D eigenvalue weighted by molar-refractivity contribution is 9.10. The molecule has 0 spiro atoms. The Morgan fingerprint density at radius 3 is 2.24 bits per heavy atom. The van der Waals surface area contributed by atoms with Gasteiger partial charge in [0.25, 0.3) is 10.0 Å². The first-order valence-electron chi connectivity index (χ1n) is 9.09. The highest BCUT2D eigenvalue weighted by atomic mass is 79.9. The van der Waals surface area contributed by atoms with E-state index in [9.17, 15) is 26.4 Å². The number of hydrogen-bond donors (Lipinski definition) is 1. The molecule has 0 aliphatic rings. The van der Waals surface area contributed by atoms with Gasteiger partial charge in [0.1, 0.15) is 6.54 Å². The molecule has 174 valence electrons. The van der Waals surface area contributed by atoms with Crippen LogP contribution < -0.4 is 9.62 Å². The molecular weight excluding hydrogens is 568 g/mol. The first-order chi connectivity index (χ1) is 15.4. The summed E-state index contributed by atoms with van der Waals surface area (Å²) in [6, 6.07) is 14.2. The summed E-state index contributed by atoms with van der Waals surface area (Å²) in [5.74, 6) is -0.795. The van der Waals surface area contributed by atoms with Gasteiger partial charge in [-0.15, -0.1) is 0 Å². The first-order valence-corrected chi connectivity index (χ1v) is 12.1. The van der Waals surface area contributed by atoms with Crippen LogP contribution in [0.5, 0.6) is 0 Å². The van der Waals surface area contributed by atoms with E-state index in [1.807, 2.05) is 0 Å². The van der Waals surface area contributed by atoms with Gasteiger partial charge in [-0.1, -0.05) is 41.4 Å². The Hall–Kier alpha value is -2.27. The molecule has 0 atom stereocenters. The van der Waals surface area contributed by atoms with Crippen molar-refractivity contribution >= 4 is 66.4 Å². The molecular formula is C21H14BrCl2F3N2O3S. The maximum absolute atomic E-state index is 13.4. The minimum atomic E-state index is -4.83. The molecule has 1 amide bonds. The van der Waals surface area contributed by atoms with Gasteiger partial charge in [0, 0.05) is 10.2 Å². The van der Waals surface area contributed by atoms with Crippen LogP contribution in [0, 0.1) is 0 Å². The number of anilines is 2. The minimum Gasteiger partial charge on any atom is -0.324 e. The second-order valence-corrected chi connectivity index (χ2v) is 10.2. The zero-order valence-electron chi connectivity index (χ0n) is 16.4. The summed E-state index contributed by atoms with van der Waals surface area (Å²) in [4.78, 5) is 12.5. The predicted molar refractivity (Wildman–Crippen MR) is 125 cm³/mol. The molecule has 12 heteroatoms. The van der Waals surface area contributed by atoms with Crippen LogP contribution in [0.1, 0.15) is 5.56 Å². The van der Waals surface area contributed by atoms with E-state index in [4.69, 9.17) is 23.2 Å². The fourth-order valence-electron chi connectivity index (χ4n) is 2.83. The molecule has 0 fully saturated rings. The Bertz CT molecular complexity index is 1290. The Morgan fingerprint density at radius 1 is 0.970 bits per heavy atom. The second-order valence-electron chi connectivity index (χ2n) is 6.66. The lowest BCUT2D eigenvalue weighted by molar-refractivity contribution is -0.137. The monoisotopic (exact) mass is 580 g/mol. The van der Waals surface area contributed by atoms with E-state index in [2.05, 4.69) is 21.2 Å². The van der Waals surface area contributed by atoms with Crippen molar-refractivity contribution in [3.05, 3.63) is 86.8 Å². The van der Waals surface area contributed by atoms with E-state index < -0.39 is 39.2 Å². The van der Waals surface area contributed by atoms with Crippen molar-refractivity contribution in [2.75, 3.05) is 16.2 Å². The van der Waals surface area contributed by atoms with Crippen LogP contribution >= 0.6 is 39.1 Å². The molecule has 3 aromatic carbocycles. The highest BCUT2D eigenvalue weighted by Crippen LogP contribution is 2.38. The van der Waals surface area contributed by atoms with Gasteiger partial charge in [-0.3, -0.25) is 9.10 Å². The molecule has 1 N–H and O–H groups in total. The molecule has 0 saturated heterocycles. The number of halogens is 6. The molecule has 0 heterocycles. The van der Waals surface area contributed by atoms with Crippen LogP contribution in [0.25, 0.3) is 0 Å². The summed E-state index contributed by atoms with van der Waals surface area (Å²) in [5, 5.41) is 2.19. The van der Waals surface area contributed by atoms with Gasteiger partial charge in [0.05, 0.1) is 26.2 Å². The van der Waals surface area contributed by atoms with Gasteiger partial charge in [-0.05, 0) is 64.5 Å². The number of amides is 1. The zero-order valence-corrected chi connectivity index (χ0v) is 20.3. The average molecular weight is 582 g/mol. The SMILES string of the molecule is O=C(CN(c1ccc(Cl)c(C(F)(F)F)c1)S(=O)(=O)c1ccccc1)Nc1ccc(Br)c(Cl)c1. The van der Waals surface area contributed by atoms with Gasteiger partial charge in [0.2, 0.25) is 5.91 Å². The Labute approximate surface area is 206 Å². The van der Waals surface area contributed by atoms with E-state index in [0.717, 1.165) is 12.1 Å². The number of carbonyl (C=O) groups is 1. The molecule has 0 unspecified atom stereocenters.